The molecule has 0 spiro atoms. The number of halogens is 1. The second-order valence-corrected chi connectivity index (χ2v) is 6.69. The van der Waals surface area contributed by atoms with Gasteiger partial charge in [-0.1, -0.05) is 6.07 Å². The van der Waals surface area contributed by atoms with Crippen molar-refractivity contribution in [3.05, 3.63) is 29.6 Å². The van der Waals surface area contributed by atoms with Crippen molar-refractivity contribution in [1.29, 1.82) is 0 Å². The average Bonchev–Trinajstić information content (AvgIpc) is 3.42. The number of carbonyl (C=O) groups excluding carboxylic acids is 2. The molecule has 0 bridgehead atoms. The summed E-state index contributed by atoms with van der Waals surface area (Å²) in [5.41, 5.74) is 0.485. The van der Waals surface area contributed by atoms with Gasteiger partial charge >= 0.3 is 0 Å². The summed E-state index contributed by atoms with van der Waals surface area (Å²) in [6.07, 6.45) is 2.41. The predicted molar refractivity (Wildman–Crippen MR) is 90.5 cm³/mol. The third-order valence-electron chi connectivity index (χ3n) is 4.74. The van der Waals surface area contributed by atoms with E-state index in [-0.39, 0.29) is 30.6 Å². The van der Waals surface area contributed by atoms with E-state index in [1.807, 2.05) is 4.90 Å². The monoisotopic (exact) mass is 349 g/mol. The van der Waals surface area contributed by atoms with Crippen LogP contribution < -0.4 is 15.4 Å². The Morgan fingerprint density at radius 3 is 2.92 bits per heavy atom. The fourth-order valence-electron chi connectivity index (χ4n) is 3.00. The van der Waals surface area contributed by atoms with Crippen molar-refractivity contribution in [3.8, 4) is 5.75 Å². The molecular weight excluding hydrogens is 325 g/mol. The highest BCUT2D eigenvalue weighted by atomic mass is 19.1. The third-order valence-corrected chi connectivity index (χ3v) is 4.74. The van der Waals surface area contributed by atoms with Crippen LogP contribution in [0.5, 0.6) is 5.75 Å². The van der Waals surface area contributed by atoms with Crippen LogP contribution in [0, 0.1) is 11.7 Å². The molecule has 3 rings (SSSR count). The maximum absolute atomic E-state index is 14.2. The van der Waals surface area contributed by atoms with Gasteiger partial charge in [0.25, 0.3) is 0 Å². The van der Waals surface area contributed by atoms with Crippen LogP contribution in [0.1, 0.15) is 24.8 Å². The highest BCUT2D eigenvalue weighted by Gasteiger charge is 2.32. The molecule has 2 fully saturated rings. The summed E-state index contributed by atoms with van der Waals surface area (Å²) in [6, 6.07) is 4.11. The summed E-state index contributed by atoms with van der Waals surface area (Å²) in [5.74, 6) is 0.362. The molecule has 0 radical (unpaired) electrons. The lowest BCUT2D eigenvalue weighted by molar-refractivity contribution is -0.134. The number of rotatable bonds is 7. The third kappa shape index (κ3) is 4.69. The molecule has 0 aromatic heterocycles. The van der Waals surface area contributed by atoms with E-state index in [4.69, 9.17) is 4.74 Å². The van der Waals surface area contributed by atoms with E-state index in [2.05, 4.69) is 10.6 Å². The Morgan fingerprint density at radius 1 is 1.44 bits per heavy atom. The van der Waals surface area contributed by atoms with E-state index in [0.717, 1.165) is 12.8 Å². The number of hydrogen-bond donors (Lipinski definition) is 2. The molecule has 0 unspecified atom stereocenters. The largest absolute Gasteiger partial charge is 0.497 e. The first-order valence-electron chi connectivity index (χ1n) is 8.67. The highest BCUT2D eigenvalue weighted by molar-refractivity contribution is 5.88. The summed E-state index contributed by atoms with van der Waals surface area (Å²) in [5, 5.41) is 5.68. The van der Waals surface area contributed by atoms with E-state index < -0.39 is 6.04 Å². The van der Waals surface area contributed by atoms with Gasteiger partial charge < -0.3 is 15.4 Å². The molecule has 1 aliphatic carbocycles. The Bertz CT molecular complexity index is 648. The van der Waals surface area contributed by atoms with Crippen molar-refractivity contribution in [1.82, 2.24) is 15.5 Å². The van der Waals surface area contributed by atoms with Gasteiger partial charge in [0.2, 0.25) is 11.8 Å². The van der Waals surface area contributed by atoms with Gasteiger partial charge in [-0.15, -0.1) is 0 Å². The molecule has 136 valence electrons. The number of ether oxygens (including phenoxy) is 1. The summed E-state index contributed by atoms with van der Waals surface area (Å²) in [6.45, 7) is 2.04. The lowest BCUT2D eigenvalue weighted by atomic mass is 10.1. The number of piperazine rings is 1. The standard InChI is InChI=1S/C18H24FN3O3/c1-25-14-5-4-13(15(19)8-14)11-22-7-6-20-18(24)16(22)9-17(23)21-10-12-2-3-12/h4-5,8,12,16H,2-3,6-7,9-11H2,1H3,(H,20,24)(H,21,23)/t16-/m1/s1. The molecule has 1 aromatic rings. The minimum absolute atomic E-state index is 0.0936. The van der Waals surface area contributed by atoms with E-state index in [0.29, 0.717) is 36.9 Å². The number of nitrogens with zero attached hydrogens (tertiary/aromatic N) is 1. The van der Waals surface area contributed by atoms with E-state index in [1.165, 1.54) is 13.2 Å². The first-order chi connectivity index (χ1) is 12.1. The van der Waals surface area contributed by atoms with Crippen LogP contribution >= 0.6 is 0 Å². The fourth-order valence-corrected chi connectivity index (χ4v) is 3.00. The maximum Gasteiger partial charge on any atom is 0.237 e. The van der Waals surface area contributed by atoms with Gasteiger partial charge in [-0.3, -0.25) is 14.5 Å². The first-order valence-corrected chi connectivity index (χ1v) is 8.67. The molecule has 1 saturated carbocycles. The predicted octanol–water partition coefficient (Wildman–Crippen LogP) is 1.05. The quantitative estimate of drug-likeness (QED) is 0.772. The minimum atomic E-state index is -0.575. The van der Waals surface area contributed by atoms with Gasteiger partial charge in [0, 0.05) is 37.8 Å². The molecule has 1 heterocycles. The Morgan fingerprint density at radius 2 is 2.24 bits per heavy atom. The Balaban J connectivity index is 1.64. The minimum Gasteiger partial charge on any atom is -0.497 e. The first kappa shape index (κ1) is 17.7. The second-order valence-electron chi connectivity index (χ2n) is 6.69. The number of nitrogens with one attached hydrogen (secondary N) is 2. The van der Waals surface area contributed by atoms with Crippen molar-refractivity contribution >= 4 is 11.8 Å². The van der Waals surface area contributed by atoms with Gasteiger partial charge in [-0.2, -0.15) is 0 Å². The van der Waals surface area contributed by atoms with Crippen LogP contribution in [-0.2, 0) is 16.1 Å². The van der Waals surface area contributed by atoms with Crippen LogP contribution in [0.3, 0.4) is 0 Å². The fraction of sp³-hybridized carbons (Fsp3) is 0.556. The van der Waals surface area contributed by atoms with Crippen molar-refractivity contribution in [3.63, 3.8) is 0 Å². The van der Waals surface area contributed by atoms with Gasteiger partial charge in [-0.05, 0) is 24.8 Å². The lowest BCUT2D eigenvalue weighted by Gasteiger charge is -2.34. The van der Waals surface area contributed by atoms with Crippen molar-refractivity contribution in [2.24, 2.45) is 5.92 Å². The van der Waals surface area contributed by atoms with E-state index in [1.54, 1.807) is 12.1 Å². The zero-order valence-corrected chi connectivity index (χ0v) is 14.4. The number of hydrogen-bond acceptors (Lipinski definition) is 4. The van der Waals surface area contributed by atoms with Crippen molar-refractivity contribution in [2.45, 2.75) is 31.8 Å². The average molecular weight is 349 g/mol. The molecule has 1 aromatic carbocycles. The van der Waals surface area contributed by atoms with Gasteiger partial charge in [0.05, 0.1) is 19.6 Å². The zero-order valence-electron chi connectivity index (χ0n) is 14.4. The van der Waals surface area contributed by atoms with Crippen LogP contribution in [-0.4, -0.2) is 49.5 Å². The van der Waals surface area contributed by atoms with Gasteiger partial charge in [0.15, 0.2) is 0 Å². The summed E-state index contributed by atoms with van der Waals surface area (Å²) < 4.78 is 19.2. The molecular formula is C18H24FN3O3. The topological polar surface area (TPSA) is 70.7 Å². The molecule has 1 saturated heterocycles. The van der Waals surface area contributed by atoms with Crippen molar-refractivity contribution < 1.29 is 18.7 Å². The molecule has 6 nitrogen and oxygen atoms in total. The maximum atomic E-state index is 14.2. The molecule has 2 aliphatic rings. The Kier molecular flexibility index (Phi) is 5.53. The summed E-state index contributed by atoms with van der Waals surface area (Å²) in [4.78, 5) is 26.2. The number of amides is 2. The molecule has 2 amide bonds. The summed E-state index contributed by atoms with van der Waals surface area (Å²) in [7, 11) is 1.49. The molecule has 1 atom stereocenters. The molecule has 25 heavy (non-hydrogen) atoms. The Hall–Kier alpha value is -2.15. The number of benzene rings is 1. The van der Waals surface area contributed by atoms with Crippen molar-refractivity contribution in [2.75, 3.05) is 26.7 Å². The normalized spacial score (nSPS) is 20.9. The number of methoxy groups -OCH3 is 1. The van der Waals surface area contributed by atoms with E-state index >= 15 is 0 Å². The van der Waals surface area contributed by atoms with E-state index in [9.17, 15) is 14.0 Å². The van der Waals surface area contributed by atoms with Crippen LogP contribution in [0.15, 0.2) is 18.2 Å². The lowest BCUT2D eigenvalue weighted by Crippen LogP contribution is -2.56. The Labute approximate surface area is 146 Å². The highest BCUT2D eigenvalue weighted by Crippen LogP contribution is 2.27. The SMILES string of the molecule is COc1ccc(CN2CCNC(=O)[C@H]2CC(=O)NCC2CC2)c(F)c1. The van der Waals surface area contributed by atoms with Crippen LogP contribution in [0.25, 0.3) is 0 Å². The second kappa shape index (κ2) is 7.82. The smallest absolute Gasteiger partial charge is 0.237 e. The zero-order chi connectivity index (χ0) is 17.8. The summed E-state index contributed by atoms with van der Waals surface area (Å²) >= 11 is 0. The van der Waals surface area contributed by atoms with Gasteiger partial charge in [0.1, 0.15) is 11.6 Å². The molecule has 7 heteroatoms. The van der Waals surface area contributed by atoms with Crippen LogP contribution in [0.4, 0.5) is 4.39 Å². The molecule has 2 N–H and O–H groups in total. The van der Waals surface area contributed by atoms with Gasteiger partial charge in [-0.25, -0.2) is 4.39 Å². The molecule has 1 aliphatic heterocycles. The number of carbonyl (C=O) groups is 2. The van der Waals surface area contributed by atoms with Crippen LogP contribution in [0.2, 0.25) is 0 Å².